The van der Waals surface area contributed by atoms with Gasteiger partial charge in [0.05, 0.1) is 19.8 Å². The maximum atomic E-state index is 13.1. The molecule has 1 unspecified atom stereocenters. The average Bonchev–Trinajstić information content (AvgIpc) is 2.84. The fourth-order valence-electron chi connectivity index (χ4n) is 4.46. The molecule has 2 aliphatic rings. The van der Waals surface area contributed by atoms with Crippen LogP contribution in [-0.2, 0) is 9.53 Å². The first-order chi connectivity index (χ1) is 15.2. The third-order valence-electron chi connectivity index (χ3n) is 6.15. The van der Waals surface area contributed by atoms with Gasteiger partial charge >= 0.3 is 0 Å². The summed E-state index contributed by atoms with van der Waals surface area (Å²) in [6.07, 6.45) is 2.08. The predicted octanol–water partition coefficient (Wildman–Crippen LogP) is 3.24. The van der Waals surface area contributed by atoms with Gasteiger partial charge in [0.2, 0.25) is 5.91 Å². The Hall–Kier alpha value is -2.86. The van der Waals surface area contributed by atoms with Crippen LogP contribution in [0.15, 0.2) is 60.7 Å². The summed E-state index contributed by atoms with van der Waals surface area (Å²) in [7, 11) is 0. The molecule has 0 aliphatic carbocycles. The third-order valence-corrected chi connectivity index (χ3v) is 6.15. The smallest absolute Gasteiger partial charge is 0.253 e. The topological polar surface area (TPSA) is 59.1 Å². The molecule has 2 heterocycles. The van der Waals surface area contributed by atoms with Crippen molar-refractivity contribution >= 4 is 11.8 Å². The monoisotopic (exact) mass is 422 g/mol. The summed E-state index contributed by atoms with van der Waals surface area (Å²) in [4.78, 5) is 30.0. The first-order valence-corrected chi connectivity index (χ1v) is 11.0. The van der Waals surface area contributed by atoms with E-state index in [0.717, 1.165) is 18.6 Å². The lowest BCUT2D eigenvalue weighted by molar-refractivity contribution is -0.139. The van der Waals surface area contributed by atoms with Crippen LogP contribution in [0, 0.1) is 5.41 Å². The zero-order valence-electron chi connectivity index (χ0n) is 17.9. The fraction of sp³-hybridized carbons (Fsp3) is 0.440. The molecule has 0 saturated carbocycles. The van der Waals surface area contributed by atoms with E-state index in [-0.39, 0.29) is 11.8 Å². The van der Waals surface area contributed by atoms with E-state index in [1.54, 1.807) is 0 Å². The highest BCUT2D eigenvalue weighted by Crippen LogP contribution is 2.36. The number of piperidine rings is 1. The number of amides is 2. The molecule has 164 valence electrons. The van der Waals surface area contributed by atoms with Gasteiger partial charge in [0, 0.05) is 43.6 Å². The van der Waals surface area contributed by atoms with E-state index in [1.165, 1.54) is 0 Å². The summed E-state index contributed by atoms with van der Waals surface area (Å²) in [5.74, 6) is 0.921. The van der Waals surface area contributed by atoms with Gasteiger partial charge in [0.1, 0.15) is 5.75 Å². The Kier molecular flexibility index (Phi) is 6.87. The summed E-state index contributed by atoms with van der Waals surface area (Å²) in [6, 6.07) is 19.0. The van der Waals surface area contributed by atoms with Crippen molar-refractivity contribution in [3.8, 4) is 5.75 Å². The summed E-state index contributed by atoms with van der Waals surface area (Å²) in [5, 5.41) is 0. The standard InChI is InChI=1S/C25H30N2O4/c28-23(26-14-16-30-17-15-26)18-25(20-31-22-10-5-2-6-11-22)12-7-13-27(19-25)24(29)21-8-3-1-4-9-21/h1-6,8-11H,7,12-20H2. The van der Waals surface area contributed by atoms with Crippen LogP contribution in [0.5, 0.6) is 5.75 Å². The van der Waals surface area contributed by atoms with Crippen LogP contribution in [0.3, 0.4) is 0 Å². The van der Waals surface area contributed by atoms with E-state index in [1.807, 2.05) is 70.5 Å². The van der Waals surface area contributed by atoms with Gasteiger partial charge in [0.25, 0.3) is 5.91 Å². The van der Waals surface area contributed by atoms with Crippen molar-refractivity contribution in [2.75, 3.05) is 46.0 Å². The Balaban J connectivity index is 1.51. The zero-order valence-corrected chi connectivity index (χ0v) is 17.9. The summed E-state index contributed by atoms with van der Waals surface area (Å²) < 4.78 is 11.5. The van der Waals surface area contributed by atoms with Gasteiger partial charge in [-0.05, 0) is 37.1 Å². The zero-order chi connectivity index (χ0) is 21.5. The third kappa shape index (κ3) is 5.44. The fourth-order valence-corrected chi connectivity index (χ4v) is 4.46. The number of carbonyl (C=O) groups is 2. The second-order valence-electron chi connectivity index (χ2n) is 8.47. The van der Waals surface area contributed by atoms with Crippen molar-refractivity contribution in [3.05, 3.63) is 66.2 Å². The minimum Gasteiger partial charge on any atom is -0.493 e. The van der Waals surface area contributed by atoms with Crippen LogP contribution in [0.4, 0.5) is 0 Å². The largest absolute Gasteiger partial charge is 0.493 e. The summed E-state index contributed by atoms with van der Waals surface area (Å²) >= 11 is 0. The maximum Gasteiger partial charge on any atom is 0.253 e. The number of hydrogen-bond donors (Lipinski definition) is 0. The molecule has 0 aromatic heterocycles. The Bertz CT molecular complexity index is 868. The van der Waals surface area contributed by atoms with Crippen molar-refractivity contribution in [1.29, 1.82) is 0 Å². The lowest BCUT2D eigenvalue weighted by Gasteiger charge is -2.43. The van der Waals surface area contributed by atoms with Gasteiger partial charge in [-0.1, -0.05) is 36.4 Å². The quantitative estimate of drug-likeness (QED) is 0.717. The van der Waals surface area contributed by atoms with Gasteiger partial charge in [-0.25, -0.2) is 0 Å². The highest BCUT2D eigenvalue weighted by Gasteiger charge is 2.41. The molecule has 6 heteroatoms. The number of nitrogens with zero attached hydrogens (tertiary/aromatic N) is 2. The number of carbonyl (C=O) groups excluding carboxylic acids is 2. The molecular formula is C25H30N2O4. The molecule has 0 radical (unpaired) electrons. The Morgan fingerprint density at radius 1 is 0.903 bits per heavy atom. The van der Waals surface area contributed by atoms with Crippen molar-refractivity contribution in [2.45, 2.75) is 19.3 Å². The molecular weight excluding hydrogens is 392 g/mol. The van der Waals surface area contributed by atoms with E-state index in [2.05, 4.69) is 0 Å². The first-order valence-electron chi connectivity index (χ1n) is 11.0. The molecule has 0 spiro atoms. The highest BCUT2D eigenvalue weighted by molar-refractivity contribution is 5.94. The number of benzene rings is 2. The second kappa shape index (κ2) is 9.96. The average molecular weight is 423 g/mol. The molecule has 0 bridgehead atoms. The molecule has 4 rings (SSSR count). The van der Waals surface area contributed by atoms with Crippen LogP contribution < -0.4 is 4.74 Å². The predicted molar refractivity (Wildman–Crippen MR) is 118 cm³/mol. The number of ether oxygens (including phenoxy) is 2. The lowest BCUT2D eigenvalue weighted by Crippen LogP contribution is -2.52. The molecule has 2 fully saturated rings. The van der Waals surface area contributed by atoms with Crippen LogP contribution >= 0.6 is 0 Å². The van der Waals surface area contributed by atoms with E-state index in [0.29, 0.717) is 58.0 Å². The maximum absolute atomic E-state index is 13.1. The molecule has 31 heavy (non-hydrogen) atoms. The number of para-hydroxylation sites is 1. The number of likely N-dealkylation sites (tertiary alicyclic amines) is 1. The van der Waals surface area contributed by atoms with E-state index < -0.39 is 5.41 Å². The molecule has 2 aromatic rings. The molecule has 2 aliphatic heterocycles. The van der Waals surface area contributed by atoms with Crippen molar-refractivity contribution in [2.24, 2.45) is 5.41 Å². The normalized spacial score (nSPS) is 21.5. The molecule has 2 aromatic carbocycles. The Labute approximate surface area is 183 Å². The van der Waals surface area contributed by atoms with E-state index >= 15 is 0 Å². The van der Waals surface area contributed by atoms with Crippen LogP contribution in [0.1, 0.15) is 29.6 Å². The second-order valence-corrected chi connectivity index (χ2v) is 8.47. The van der Waals surface area contributed by atoms with Crippen molar-refractivity contribution < 1.29 is 19.1 Å². The van der Waals surface area contributed by atoms with E-state index in [9.17, 15) is 9.59 Å². The summed E-state index contributed by atoms with van der Waals surface area (Å²) in [6.45, 7) is 4.04. The van der Waals surface area contributed by atoms with Gasteiger partial charge < -0.3 is 19.3 Å². The minimum atomic E-state index is -0.409. The number of hydrogen-bond acceptors (Lipinski definition) is 4. The van der Waals surface area contributed by atoms with E-state index in [4.69, 9.17) is 9.47 Å². The molecule has 2 amide bonds. The summed E-state index contributed by atoms with van der Waals surface area (Å²) in [5.41, 5.74) is 0.273. The lowest BCUT2D eigenvalue weighted by atomic mass is 9.77. The first kappa shape index (κ1) is 21.4. The van der Waals surface area contributed by atoms with Crippen LogP contribution in [0.2, 0.25) is 0 Å². The minimum absolute atomic E-state index is 0.0169. The molecule has 1 atom stereocenters. The number of morpholine rings is 1. The van der Waals surface area contributed by atoms with Gasteiger partial charge in [-0.2, -0.15) is 0 Å². The van der Waals surface area contributed by atoms with Gasteiger partial charge in [-0.15, -0.1) is 0 Å². The van der Waals surface area contributed by atoms with Crippen molar-refractivity contribution in [3.63, 3.8) is 0 Å². The Morgan fingerprint density at radius 2 is 1.58 bits per heavy atom. The number of rotatable bonds is 6. The highest BCUT2D eigenvalue weighted by atomic mass is 16.5. The SMILES string of the molecule is O=C(CC1(COc2ccccc2)CCCN(C(=O)c2ccccc2)C1)N1CCOCC1. The Morgan fingerprint density at radius 3 is 2.29 bits per heavy atom. The van der Waals surface area contributed by atoms with Gasteiger partial charge in [0.15, 0.2) is 0 Å². The molecule has 2 saturated heterocycles. The van der Waals surface area contributed by atoms with Crippen LogP contribution in [-0.4, -0.2) is 67.6 Å². The van der Waals surface area contributed by atoms with Crippen molar-refractivity contribution in [1.82, 2.24) is 9.80 Å². The van der Waals surface area contributed by atoms with Crippen LogP contribution in [0.25, 0.3) is 0 Å². The molecule has 0 N–H and O–H groups in total. The molecule has 6 nitrogen and oxygen atoms in total. The van der Waals surface area contributed by atoms with Gasteiger partial charge in [-0.3, -0.25) is 9.59 Å².